The van der Waals surface area contributed by atoms with Crippen molar-refractivity contribution in [3.63, 3.8) is 0 Å². The molecule has 0 radical (unpaired) electrons. The highest BCUT2D eigenvalue weighted by Crippen LogP contribution is 2.48. The van der Waals surface area contributed by atoms with Gasteiger partial charge in [-0.15, -0.1) is 0 Å². The van der Waals surface area contributed by atoms with Crippen LogP contribution in [0.3, 0.4) is 0 Å². The zero-order chi connectivity index (χ0) is 16.7. The van der Waals surface area contributed by atoms with Crippen LogP contribution in [0.25, 0.3) is 0 Å². The van der Waals surface area contributed by atoms with Crippen LogP contribution in [-0.4, -0.2) is 27.4 Å². The summed E-state index contributed by atoms with van der Waals surface area (Å²) in [7, 11) is -3.47. The van der Waals surface area contributed by atoms with Gasteiger partial charge in [0, 0.05) is 25.2 Å². The zero-order valence-electron chi connectivity index (χ0n) is 13.8. The molecule has 130 valence electrons. The Bertz CT molecular complexity index is 729. The quantitative estimate of drug-likeness (QED) is 0.889. The van der Waals surface area contributed by atoms with Crippen molar-refractivity contribution < 1.29 is 13.2 Å². The van der Waals surface area contributed by atoms with Gasteiger partial charge in [0.15, 0.2) is 0 Å². The summed E-state index contributed by atoms with van der Waals surface area (Å²) in [6.07, 6.45) is 6.48. The molecule has 2 aliphatic carbocycles. The number of hydrogen-bond donors (Lipinski definition) is 1. The number of benzene rings is 1. The van der Waals surface area contributed by atoms with Crippen molar-refractivity contribution in [1.82, 2.24) is 4.72 Å². The highest BCUT2D eigenvalue weighted by Gasteiger charge is 2.39. The van der Waals surface area contributed by atoms with Crippen LogP contribution in [0.1, 0.15) is 38.5 Å². The molecule has 3 atom stereocenters. The van der Waals surface area contributed by atoms with Crippen molar-refractivity contribution in [2.24, 2.45) is 17.8 Å². The fraction of sp³-hybridized carbons (Fsp3) is 0.611. The van der Waals surface area contributed by atoms with Gasteiger partial charge in [-0.25, -0.2) is 13.1 Å². The Balaban J connectivity index is 1.41. The highest BCUT2D eigenvalue weighted by atomic mass is 32.2. The number of anilines is 1. The van der Waals surface area contributed by atoms with Crippen LogP contribution >= 0.6 is 0 Å². The van der Waals surface area contributed by atoms with Crippen molar-refractivity contribution in [1.29, 1.82) is 0 Å². The Morgan fingerprint density at radius 3 is 2.50 bits per heavy atom. The van der Waals surface area contributed by atoms with Gasteiger partial charge in [0.2, 0.25) is 15.9 Å². The Morgan fingerprint density at radius 1 is 1.12 bits per heavy atom. The molecule has 1 heterocycles. The number of sulfonamides is 1. The van der Waals surface area contributed by atoms with Crippen molar-refractivity contribution >= 4 is 21.6 Å². The van der Waals surface area contributed by atoms with Crippen molar-refractivity contribution in [2.45, 2.75) is 43.4 Å². The molecular weight excluding hydrogens is 324 g/mol. The van der Waals surface area contributed by atoms with Crippen molar-refractivity contribution in [2.75, 3.05) is 18.0 Å². The van der Waals surface area contributed by atoms with Gasteiger partial charge in [-0.3, -0.25) is 4.79 Å². The number of carbonyl (C=O) groups is 1. The van der Waals surface area contributed by atoms with Gasteiger partial charge in [0.1, 0.15) is 0 Å². The molecule has 1 aromatic carbocycles. The SMILES string of the molecule is O=C1CCCN1c1ccc(S(=O)(=O)NC[C@@H]2C[C@@H]3CC[C@@H]2C3)cc1. The third-order valence-electron chi connectivity index (χ3n) is 5.95. The first-order valence-corrected chi connectivity index (χ1v) is 10.4. The molecule has 3 fully saturated rings. The van der Waals surface area contributed by atoms with Gasteiger partial charge in [-0.2, -0.15) is 0 Å². The lowest BCUT2D eigenvalue weighted by molar-refractivity contribution is -0.117. The number of nitrogens with zero attached hydrogens (tertiary/aromatic N) is 1. The minimum Gasteiger partial charge on any atom is -0.312 e. The fourth-order valence-corrected chi connectivity index (χ4v) is 5.75. The van der Waals surface area contributed by atoms with E-state index in [1.807, 2.05) is 0 Å². The smallest absolute Gasteiger partial charge is 0.240 e. The van der Waals surface area contributed by atoms with Crippen LogP contribution < -0.4 is 9.62 Å². The molecule has 0 spiro atoms. The highest BCUT2D eigenvalue weighted by molar-refractivity contribution is 7.89. The van der Waals surface area contributed by atoms with Gasteiger partial charge in [0.05, 0.1) is 4.90 Å². The molecule has 0 unspecified atom stereocenters. The second-order valence-electron chi connectivity index (χ2n) is 7.43. The molecule has 1 aromatic rings. The average Bonchev–Trinajstić information content (AvgIpc) is 3.30. The summed E-state index contributed by atoms with van der Waals surface area (Å²) in [4.78, 5) is 13.8. The lowest BCUT2D eigenvalue weighted by atomic mass is 9.89. The molecule has 6 heteroatoms. The third kappa shape index (κ3) is 2.97. The largest absolute Gasteiger partial charge is 0.312 e. The molecule has 24 heavy (non-hydrogen) atoms. The van der Waals surface area contributed by atoms with E-state index in [1.54, 1.807) is 29.2 Å². The first-order chi connectivity index (χ1) is 11.5. The molecule has 1 amide bonds. The minimum atomic E-state index is -3.47. The van der Waals surface area contributed by atoms with E-state index in [1.165, 1.54) is 25.7 Å². The van der Waals surface area contributed by atoms with E-state index < -0.39 is 10.0 Å². The van der Waals surface area contributed by atoms with Crippen molar-refractivity contribution in [3.8, 4) is 0 Å². The van der Waals surface area contributed by atoms with E-state index in [9.17, 15) is 13.2 Å². The summed E-state index contributed by atoms with van der Waals surface area (Å²) in [5.41, 5.74) is 0.782. The van der Waals surface area contributed by atoms with Gasteiger partial charge in [0.25, 0.3) is 0 Å². The first-order valence-electron chi connectivity index (χ1n) is 8.93. The topological polar surface area (TPSA) is 66.5 Å². The second-order valence-corrected chi connectivity index (χ2v) is 9.20. The molecule has 1 saturated heterocycles. The van der Waals surface area contributed by atoms with E-state index in [0.29, 0.717) is 31.3 Å². The van der Waals surface area contributed by atoms with Crippen molar-refractivity contribution in [3.05, 3.63) is 24.3 Å². The molecular formula is C18H24N2O3S. The second kappa shape index (κ2) is 6.15. The molecule has 4 rings (SSSR count). The summed E-state index contributed by atoms with van der Waals surface area (Å²) in [5.74, 6) is 2.14. The molecule has 5 nitrogen and oxygen atoms in total. The van der Waals surface area contributed by atoms with E-state index in [-0.39, 0.29) is 10.8 Å². The normalized spacial score (nSPS) is 29.6. The molecule has 1 N–H and O–H groups in total. The van der Waals surface area contributed by atoms with E-state index >= 15 is 0 Å². The number of carbonyl (C=O) groups excluding carboxylic acids is 1. The molecule has 0 aromatic heterocycles. The number of rotatable bonds is 5. The van der Waals surface area contributed by atoms with Crippen LogP contribution in [0.2, 0.25) is 0 Å². The van der Waals surface area contributed by atoms with Gasteiger partial charge in [-0.05, 0) is 67.7 Å². The molecule has 2 saturated carbocycles. The summed E-state index contributed by atoms with van der Waals surface area (Å²) in [5, 5.41) is 0. The maximum atomic E-state index is 12.5. The first kappa shape index (κ1) is 16.1. The zero-order valence-corrected chi connectivity index (χ0v) is 14.6. The molecule has 3 aliphatic rings. The van der Waals surface area contributed by atoms with E-state index in [4.69, 9.17) is 0 Å². The number of hydrogen-bond acceptors (Lipinski definition) is 3. The number of nitrogens with one attached hydrogen (secondary N) is 1. The summed E-state index contributed by atoms with van der Waals surface area (Å²) in [6, 6.07) is 6.67. The standard InChI is InChI=1S/C18H24N2O3S/c21-18-2-1-9-20(18)16-5-7-17(8-6-16)24(22,23)19-12-15-11-13-3-4-14(15)10-13/h5-8,13-15,19H,1-4,9-12H2/t13-,14-,15+/m1/s1. The van der Waals surface area contributed by atoms with Crippen LogP contribution in [0.15, 0.2) is 29.2 Å². The molecule has 1 aliphatic heterocycles. The molecule has 2 bridgehead atoms. The Morgan fingerprint density at radius 2 is 1.92 bits per heavy atom. The monoisotopic (exact) mass is 348 g/mol. The van der Waals surface area contributed by atoms with Gasteiger partial charge in [-0.1, -0.05) is 6.42 Å². The van der Waals surface area contributed by atoms with E-state index in [0.717, 1.165) is 18.0 Å². The Kier molecular flexibility index (Phi) is 4.12. The summed E-state index contributed by atoms with van der Waals surface area (Å²) < 4.78 is 27.8. The average molecular weight is 348 g/mol. The van der Waals surface area contributed by atoms with Gasteiger partial charge >= 0.3 is 0 Å². The fourth-order valence-electron chi connectivity index (χ4n) is 4.65. The van der Waals surface area contributed by atoms with Crippen LogP contribution in [-0.2, 0) is 14.8 Å². The van der Waals surface area contributed by atoms with E-state index in [2.05, 4.69) is 4.72 Å². The summed E-state index contributed by atoms with van der Waals surface area (Å²) >= 11 is 0. The van der Waals surface area contributed by atoms with Crippen LogP contribution in [0.4, 0.5) is 5.69 Å². The van der Waals surface area contributed by atoms with Crippen LogP contribution in [0.5, 0.6) is 0 Å². The lowest BCUT2D eigenvalue weighted by Crippen LogP contribution is -2.31. The maximum absolute atomic E-state index is 12.5. The summed E-state index contributed by atoms with van der Waals surface area (Å²) in [6.45, 7) is 1.27. The third-order valence-corrected chi connectivity index (χ3v) is 7.39. The predicted molar refractivity (Wildman–Crippen MR) is 92.2 cm³/mol. The van der Waals surface area contributed by atoms with Gasteiger partial charge < -0.3 is 4.90 Å². The maximum Gasteiger partial charge on any atom is 0.240 e. The predicted octanol–water partition coefficient (Wildman–Crippen LogP) is 2.53. The van der Waals surface area contributed by atoms with Crippen LogP contribution in [0, 0.1) is 17.8 Å². The number of amides is 1. The minimum absolute atomic E-state index is 0.111. The Labute approximate surface area is 143 Å². The number of fused-ring (bicyclic) bond motifs is 2. The lowest BCUT2D eigenvalue weighted by Gasteiger charge is -2.22. The Hall–Kier alpha value is -1.40.